The number of methoxy groups -OCH3 is 1. The van der Waals surface area contributed by atoms with Crippen LogP contribution in [0, 0.1) is 5.82 Å². The second-order valence-electron chi connectivity index (χ2n) is 5.52. The quantitative estimate of drug-likeness (QED) is 0.807. The average Bonchev–Trinajstić information content (AvgIpc) is 2.55. The molecular formula is C17H18ClFN2O4S. The Balaban J connectivity index is 2.31. The largest absolute Gasteiger partial charge is 0.495 e. The minimum Gasteiger partial charge on any atom is -0.495 e. The maximum atomic E-state index is 14.1. The number of amides is 1. The van der Waals surface area contributed by atoms with Crippen LogP contribution >= 0.6 is 11.6 Å². The molecule has 26 heavy (non-hydrogen) atoms. The summed E-state index contributed by atoms with van der Waals surface area (Å²) >= 11 is 6.01. The van der Waals surface area contributed by atoms with E-state index in [1.54, 1.807) is 12.1 Å². The predicted octanol–water partition coefficient (Wildman–Crippen LogP) is 3.28. The Morgan fingerprint density at radius 2 is 1.92 bits per heavy atom. The van der Waals surface area contributed by atoms with Gasteiger partial charge in [-0.15, -0.1) is 0 Å². The van der Waals surface area contributed by atoms with Gasteiger partial charge in [0.25, 0.3) is 0 Å². The Morgan fingerprint density at radius 1 is 1.27 bits per heavy atom. The normalized spacial score (nSPS) is 12.3. The number of carbonyl (C=O) groups is 1. The number of anilines is 2. The molecule has 0 aromatic heterocycles. The summed E-state index contributed by atoms with van der Waals surface area (Å²) in [6.45, 7) is 1.37. The Bertz CT molecular complexity index is 921. The van der Waals surface area contributed by atoms with E-state index in [0.717, 1.165) is 16.6 Å². The third kappa shape index (κ3) is 4.44. The minimum absolute atomic E-state index is 0.203. The smallest absolute Gasteiger partial charge is 0.247 e. The number of sulfonamides is 1. The number of halogens is 2. The Kier molecular flexibility index (Phi) is 6.09. The zero-order chi connectivity index (χ0) is 19.5. The van der Waals surface area contributed by atoms with Crippen molar-refractivity contribution in [1.29, 1.82) is 0 Å². The first-order chi connectivity index (χ1) is 12.1. The first-order valence-corrected chi connectivity index (χ1v) is 9.76. The summed E-state index contributed by atoms with van der Waals surface area (Å²) in [5.74, 6) is -0.952. The van der Waals surface area contributed by atoms with Crippen LogP contribution in [-0.4, -0.2) is 33.7 Å². The minimum atomic E-state index is -3.91. The Labute approximate surface area is 156 Å². The summed E-state index contributed by atoms with van der Waals surface area (Å²) in [6.07, 6.45) is 0.910. The molecule has 0 unspecified atom stereocenters. The third-order valence-corrected chi connectivity index (χ3v) is 5.12. The molecule has 0 radical (unpaired) electrons. The SMILES string of the molecule is COc1ccc(NC(=O)[C@@H](C)N(c2ccccc2F)S(C)(=O)=O)cc1Cl. The second kappa shape index (κ2) is 7.92. The molecule has 0 aliphatic heterocycles. The maximum absolute atomic E-state index is 14.1. The summed E-state index contributed by atoms with van der Waals surface area (Å²) in [5.41, 5.74) is 0.153. The van der Waals surface area contributed by atoms with Gasteiger partial charge in [0.1, 0.15) is 17.6 Å². The molecule has 0 spiro atoms. The van der Waals surface area contributed by atoms with Gasteiger partial charge in [0.2, 0.25) is 15.9 Å². The molecule has 0 fully saturated rings. The summed E-state index contributed by atoms with van der Waals surface area (Å²) in [5, 5.41) is 2.85. The highest BCUT2D eigenvalue weighted by atomic mass is 35.5. The van der Waals surface area contributed by atoms with Crippen molar-refractivity contribution >= 4 is 38.9 Å². The molecule has 2 aromatic carbocycles. The zero-order valence-corrected chi connectivity index (χ0v) is 15.9. The van der Waals surface area contributed by atoms with Crippen LogP contribution < -0.4 is 14.4 Å². The van der Waals surface area contributed by atoms with Crippen molar-refractivity contribution < 1.29 is 22.3 Å². The van der Waals surface area contributed by atoms with Crippen molar-refractivity contribution in [3.63, 3.8) is 0 Å². The van der Waals surface area contributed by atoms with Gasteiger partial charge in [-0.3, -0.25) is 9.10 Å². The van der Waals surface area contributed by atoms with Gasteiger partial charge >= 0.3 is 0 Å². The molecule has 140 valence electrons. The molecule has 6 nitrogen and oxygen atoms in total. The van der Waals surface area contributed by atoms with Gasteiger partial charge in [0.05, 0.1) is 24.1 Å². The molecule has 0 aliphatic carbocycles. The number of nitrogens with one attached hydrogen (secondary N) is 1. The fourth-order valence-corrected chi connectivity index (χ4v) is 3.84. The van der Waals surface area contributed by atoms with Crippen LogP contribution in [0.4, 0.5) is 15.8 Å². The van der Waals surface area contributed by atoms with Crippen LogP contribution in [0.3, 0.4) is 0 Å². The molecule has 0 saturated carbocycles. The molecule has 0 saturated heterocycles. The van der Waals surface area contributed by atoms with E-state index in [0.29, 0.717) is 11.4 Å². The van der Waals surface area contributed by atoms with E-state index in [1.165, 1.54) is 38.3 Å². The zero-order valence-electron chi connectivity index (χ0n) is 14.4. The number of nitrogens with zero attached hydrogens (tertiary/aromatic N) is 1. The molecule has 9 heteroatoms. The highest BCUT2D eigenvalue weighted by molar-refractivity contribution is 7.92. The van der Waals surface area contributed by atoms with Crippen LogP contribution in [0.25, 0.3) is 0 Å². The van der Waals surface area contributed by atoms with Gasteiger partial charge in [-0.05, 0) is 37.3 Å². The van der Waals surface area contributed by atoms with Crippen molar-refractivity contribution in [3.8, 4) is 5.75 Å². The van der Waals surface area contributed by atoms with Crippen LogP contribution in [0.2, 0.25) is 5.02 Å². The van der Waals surface area contributed by atoms with Gasteiger partial charge < -0.3 is 10.1 Å². The van der Waals surface area contributed by atoms with Crippen LogP contribution in [0.5, 0.6) is 5.75 Å². The highest BCUT2D eigenvalue weighted by Crippen LogP contribution is 2.28. The Hall–Kier alpha value is -2.32. The lowest BCUT2D eigenvalue weighted by Gasteiger charge is -2.28. The molecule has 0 bridgehead atoms. The van der Waals surface area contributed by atoms with E-state index >= 15 is 0 Å². The molecule has 2 aromatic rings. The lowest BCUT2D eigenvalue weighted by atomic mass is 10.2. The average molecular weight is 401 g/mol. The molecule has 1 atom stereocenters. The molecule has 0 heterocycles. The molecule has 2 rings (SSSR count). The molecule has 1 amide bonds. The number of hydrogen-bond donors (Lipinski definition) is 1. The second-order valence-corrected chi connectivity index (χ2v) is 7.79. The summed E-state index contributed by atoms with van der Waals surface area (Å²) in [4.78, 5) is 12.5. The fraction of sp³-hybridized carbons (Fsp3) is 0.235. The van der Waals surface area contributed by atoms with E-state index in [2.05, 4.69) is 5.32 Å². The maximum Gasteiger partial charge on any atom is 0.247 e. The number of benzene rings is 2. The van der Waals surface area contributed by atoms with Crippen LogP contribution in [-0.2, 0) is 14.8 Å². The number of para-hydroxylation sites is 1. The predicted molar refractivity (Wildman–Crippen MR) is 99.8 cm³/mol. The number of ether oxygens (including phenoxy) is 1. The summed E-state index contributed by atoms with van der Waals surface area (Å²) in [6, 6.07) is 8.75. The van der Waals surface area contributed by atoms with Gasteiger partial charge in [-0.2, -0.15) is 0 Å². The molecule has 1 N–H and O–H groups in total. The lowest BCUT2D eigenvalue weighted by molar-refractivity contribution is -0.116. The van der Waals surface area contributed by atoms with Crippen molar-refractivity contribution in [2.75, 3.05) is 23.0 Å². The van der Waals surface area contributed by atoms with E-state index in [4.69, 9.17) is 16.3 Å². The van der Waals surface area contributed by atoms with Gasteiger partial charge in [0.15, 0.2) is 0 Å². The van der Waals surface area contributed by atoms with E-state index < -0.39 is 27.8 Å². The number of hydrogen-bond acceptors (Lipinski definition) is 4. The fourth-order valence-electron chi connectivity index (χ4n) is 2.40. The van der Waals surface area contributed by atoms with Crippen LogP contribution in [0.15, 0.2) is 42.5 Å². The Morgan fingerprint density at radius 3 is 2.46 bits per heavy atom. The lowest BCUT2D eigenvalue weighted by Crippen LogP contribution is -2.45. The van der Waals surface area contributed by atoms with E-state index in [9.17, 15) is 17.6 Å². The van der Waals surface area contributed by atoms with Crippen molar-refractivity contribution in [2.45, 2.75) is 13.0 Å². The monoisotopic (exact) mass is 400 g/mol. The summed E-state index contributed by atoms with van der Waals surface area (Å²) in [7, 11) is -2.45. The van der Waals surface area contributed by atoms with Gasteiger partial charge in [-0.1, -0.05) is 23.7 Å². The molecular weight excluding hydrogens is 383 g/mol. The number of carbonyl (C=O) groups excluding carboxylic acids is 1. The van der Waals surface area contributed by atoms with Gasteiger partial charge in [-0.25, -0.2) is 12.8 Å². The standard InChI is InChI=1S/C17H18ClFN2O4S/c1-11(17(22)20-12-8-9-16(25-2)13(18)10-12)21(26(3,23)24)15-7-5-4-6-14(15)19/h4-11H,1-3H3,(H,20,22)/t11-/m1/s1. The third-order valence-electron chi connectivity index (χ3n) is 3.60. The summed E-state index contributed by atoms with van der Waals surface area (Å²) < 4.78 is 44.2. The van der Waals surface area contributed by atoms with Crippen molar-refractivity contribution in [1.82, 2.24) is 0 Å². The van der Waals surface area contributed by atoms with Gasteiger partial charge in [0, 0.05) is 5.69 Å². The van der Waals surface area contributed by atoms with Crippen molar-refractivity contribution in [2.24, 2.45) is 0 Å². The number of rotatable bonds is 6. The van der Waals surface area contributed by atoms with E-state index in [-0.39, 0.29) is 10.7 Å². The van der Waals surface area contributed by atoms with E-state index in [1.807, 2.05) is 0 Å². The topological polar surface area (TPSA) is 75.7 Å². The highest BCUT2D eigenvalue weighted by Gasteiger charge is 2.31. The molecule has 0 aliphatic rings. The van der Waals surface area contributed by atoms with Crippen LogP contribution in [0.1, 0.15) is 6.92 Å². The first-order valence-electron chi connectivity index (χ1n) is 7.53. The first kappa shape index (κ1) is 20.0. The van der Waals surface area contributed by atoms with Crippen molar-refractivity contribution in [3.05, 3.63) is 53.3 Å².